The maximum atomic E-state index is 13.3. The molecule has 0 bridgehead atoms. The van der Waals surface area contributed by atoms with E-state index in [2.05, 4.69) is 15.3 Å². The van der Waals surface area contributed by atoms with Crippen molar-refractivity contribution in [2.24, 2.45) is 0 Å². The summed E-state index contributed by atoms with van der Waals surface area (Å²) in [6.07, 6.45) is 0. The van der Waals surface area contributed by atoms with E-state index in [-0.39, 0.29) is 38.0 Å². The number of H-pyrrole nitrogens is 2. The van der Waals surface area contributed by atoms with Gasteiger partial charge in [0.05, 0.1) is 64.1 Å². The van der Waals surface area contributed by atoms with Crippen molar-refractivity contribution in [2.45, 2.75) is 9.79 Å². The lowest BCUT2D eigenvalue weighted by molar-refractivity contribution is 0.0695. The van der Waals surface area contributed by atoms with Crippen molar-refractivity contribution in [3.05, 3.63) is 117 Å². The molecule has 2 aliphatic rings. The maximum Gasteiger partial charge on any atom is 0.337 e. The molecule has 4 heterocycles. The SMILES string of the molecule is CN(C)S(=O)(=O)c1ccc(N2CCOCC2)c(C(=O)Nc2ccc3[nH]c(=O)cc(O)c3c2)c1.CN(C)S(=O)(=O)c1ccc(N2CCOCC2)c(C(=O)O)c1.Nc1ccc2[nH]c(=O)cc(O)c2c1. The smallest absolute Gasteiger partial charge is 0.337 e. The van der Waals surface area contributed by atoms with Crippen molar-refractivity contribution in [1.82, 2.24) is 18.6 Å². The summed E-state index contributed by atoms with van der Waals surface area (Å²) in [4.78, 5) is 56.3. The topological polar surface area (TPSA) is 298 Å². The number of carbonyl (C=O) groups is 2. The van der Waals surface area contributed by atoms with Gasteiger partial charge in [-0.05, 0) is 72.8 Å². The van der Waals surface area contributed by atoms with Crippen molar-refractivity contribution in [1.29, 1.82) is 0 Å². The highest BCUT2D eigenvalue weighted by molar-refractivity contribution is 7.89. The number of aromatic nitrogens is 2. The molecule has 23 heteroatoms. The van der Waals surface area contributed by atoms with Gasteiger partial charge in [-0.15, -0.1) is 0 Å². The molecule has 6 aromatic rings. The Kier molecular flexibility index (Phi) is 15.2. The molecule has 0 unspecified atom stereocenters. The number of carboxylic acid groups (broad SMARTS) is 1. The quantitative estimate of drug-likeness (QED) is 0.103. The summed E-state index contributed by atoms with van der Waals surface area (Å²) < 4.78 is 62.3. The number of nitrogens with zero attached hydrogens (tertiary/aromatic N) is 4. The van der Waals surface area contributed by atoms with Crippen LogP contribution in [0.5, 0.6) is 11.5 Å². The summed E-state index contributed by atoms with van der Waals surface area (Å²) in [5, 5.41) is 32.5. The van der Waals surface area contributed by atoms with E-state index in [1.165, 1.54) is 58.5 Å². The first-order valence-electron chi connectivity index (χ1n) is 20.5. The standard InChI is InChI=1S/C22H24N4O6S.C13H18N2O5S.C9H8N2O2/c1-25(2)33(30,31)15-4-6-19(26-7-9-32-10-8-26)17(12-15)22(29)23-14-3-5-18-16(11-14)20(27)13-21(28)24-18;1-14(2)21(18,19)10-3-4-12(11(9-10)13(16)17)15-5-7-20-8-6-15;10-5-1-2-7-6(3-5)8(12)4-9(13)11-7/h3-6,11-13H,7-10H2,1-2H3,(H,23,29)(H2,24,27,28);3-4,9H,5-8H2,1-2H3,(H,16,17);1-4H,10H2,(H2,11,12,13). The highest BCUT2D eigenvalue weighted by atomic mass is 32.2. The fraction of sp³-hybridized carbons (Fsp3) is 0.273. The van der Waals surface area contributed by atoms with Gasteiger partial charge in [0.1, 0.15) is 11.5 Å². The second kappa shape index (κ2) is 20.7. The number of rotatable bonds is 9. The lowest BCUT2D eigenvalue weighted by atomic mass is 10.1. The summed E-state index contributed by atoms with van der Waals surface area (Å²) in [7, 11) is -1.73. The van der Waals surface area contributed by atoms with Crippen LogP contribution in [0, 0.1) is 0 Å². The fourth-order valence-corrected chi connectivity index (χ4v) is 8.91. The third kappa shape index (κ3) is 11.5. The number of sulfonamides is 2. The van der Waals surface area contributed by atoms with Crippen LogP contribution in [-0.4, -0.2) is 143 Å². The van der Waals surface area contributed by atoms with Crippen LogP contribution in [0.1, 0.15) is 20.7 Å². The number of hydrogen-bond donors (Lipinski definition) is 7. The van der Waals surface area contributed by atoms with Gasteiger partial charge in [-0.25, -0.2) is 30.2 Å². The van der Waals surface area contributed by atoms with E-state index in [4.69, 9.17) is 15.2 Å². The molecule has 8 rings (SSSR count). The molecule has 2 aromatic heterocycles. The molecule has 0 aliphatic carbocycles. The Hall–Kier alpha value is -7.02. The predicted octanol–water partition coefficient (Wildman–Crippen LogP) is 2.86. The third-order valence-corrected chi connectivity index (χ3v) is 14.2. The van der Waals surface area contributed by atoms with E-state index in [1.54, 1.807) is 42.5 Å². The molecule has 2 saturated heterocycles. The van der Waals surface area contributed by atoms with Gasteiger partial charge in [0.2, 0.25) is 20.0 Å². The minimum Gasteiger partial charge on any atom is -0.507 e. The number of morpholine rings is 2. The average Bonchev–Trinajstić information content (AvgIpc) is 3.30. The molecule has 67 heavy (non-hydrogen) atoms. The number of nitrogens with two attached hydrogens (primary N) is 1. The molecule has 0 saturated carbocycles. The Balaban J connectivity index is 0.000000185. The van der Waals surface area contributed by atoms with Crippen LogP contribution in [0.25, 0.3) is 21.8 Å². The first kappa shape index (κ1) is 49.4. The second-order valence-corrected chi connectivity index (χ2v) is 19.8. The number of amides is 1. The van der Waals surface area contributed by atoms with Crippen LogP contribution < -0.4 is 32.0 Å². The highest BCUT2D eigenvalue weighted by Crippen LogP contribution is 2.30. The highest BCUT2D eigenvalue weighted by Gasteiger charge is 2.26. The second-order valence-electron chi connectivity index (χ2n) is 15.5. The van der Waals surface area contributed by atoms with Crippen molar-refractivity contribution in [2.75, 3.05) is 102 Å². The Morgan fingerprint density at radius 1 is 0.627 bits per heavy atom. The van der Waals surface area contributed by atoms with Gasteiger partial charge in [0, 0.05) is 94.3 Å². The molecule has 1 amide bonds. The van der Waals surface area contributed by atoms with E-state index in [0.29, 0.717) is 97.2 Å². The van der Waals surface area contributed by atoms with Crippen LogP contribution in [0.15, 0.2) is 104 Å². The fourth-order valence-electron chi connectivity index (χ4n) is 7.05. The number of pyridine rings is 2. The number of anilines is 4. The summed E-state index contributed by atoms with van der Waals surface area (Å²) in [5.41, 5.74) is 8.00. The molecule has 2 aliphatic heterocycles. The van der Waals surface area contributed by atoms with Gasteiger partial charge in [0.15, 0.2) is 0 Å². The van der Waals surface area contributed by atoms with Crippen molar-refractivity contribution in [3.8, 4) is 11.5 Å². The summed E-state index contributed by atoms with van der Waals surface area (Å²) in [6.45, 7) is 4.35. The Bertz CT molecular complexity index is 3160. The number of benzene rings is 4. The summed E-state index contributed by atoms with van der Waals surface area (Å²) in [6, 6.07) is 20.5. The zero-order chi connectivity index (χ0) is 48.8. The van der Waals surface area contributed by atoms with Crippen LogP contribution in [0.2, 0.25) is 0 Å². The van der Waals surface area contributed by atoms with Gasteiger partial charge < -0.3 is 55.6 Å². The Morgan fingerprint density at radius 2 is 1.06 bits per heavy atom. The average molecular weight is 963 g/mol. The first-order chi connectivity index (χ1) is 31.7. The molecule has 356 valence electrons. The minimum atomic E-state index is -3.75. The first-order valence-corrected chi connectivity index (χ1v) is 23.4. The minimum absolute atomic E-state index is 0.00314. The van der Waals surface area contributed by atoms with Crippen LogP contribution >= 0.6 is 0 Å². The van der Waals surface area contributed by atoms with Crippen molar-refractivity contribution >= 4 is 76.5 Å². The van der Waals surface area contributed by atoms with Gasteiger partial charge in [-0.1, -0.05) is 0 Å². The molecule has 0 spiro atoms. The lowest BCUT2D eigenvalue weighted by Gasteiger charge is -2.30. The molecular formula is C44H50N8O13S2. The summed E-state index contributed by atoms with van der Waals surface area (Å²) in [5.74, 6) is -1.91. The van der Waals surface area contributed by atoms with E-state index in [0.717, 1.165) is 20.7 Å². The van der Waals surface area contributed by atoms with Crippen LogP contribution in [0.4, 0.5) is 22.7 Å². The molecular weight excluding hydrogens is 913 g/mol. The molecule has 4 aromatic carbocycles. The van der Waals surface area contributed by atoms with Crippen LogP contribution in [-0.2, 0) is 29.5 Å². The number of carbonyl (C=O) groups excluding carboxylic acids is 1. The number of hydrogen-bond acceptors (Lipinski definition) is 15. The monoisotopic (exact) mass is 962 g/mol. The van der Waals surface area contributed by atoms with Crippen molar-refractivity contribution < 1.29 is 51.2 Å². The van der Waals surface area contributed by atoms with Gasteiger partial charge in [0.25, 0.3) is 17.0 Å². The zero-order valence-corrected chi connectivity index (χ0v) is 38.5. The largest absolute Gasteiger partial charge is 0.507 e. The van der Waals surface area contributed by atoms with E-state index in [9.17, 15) is 51.3 Å². The number of nitrogens with one attached hydrogen (secondary N) is 3. The summed E-state index contributed by atoms with van der Waals surface area (Å²) >= 11 is 0. The number of fused-ring (bicyclic) bond motifs is 2. The number of aromatic hydroxyl groups is 2. The van der Waals surface area contributed by atoms with Gasteiger partial charge in [-0.3, -0.25) is 14.4 Å². The van der Waals surface area contributed by atoms with Gasteiger partial charge >= 0.3 is 5.97 Å². The van der Waals surface area contributed by atoms with E-state index >= 15 is 0 Å². The van der Waals surface area contributed by atoms with Gasteiger partial charge in [-0.2, -0.15) is 0 Å². The Labute approximate surface area is 384 Å². The normalized spacial score (nSPS) is 14.3. The third-order valence-electron chi connectivity index (χ3n) is 10.6. The molecule has 2 fully saturated rings. The molecule has 0 atom stereocenters. The molecule has 8 N–H and O–H groups in total. The van der Waals surface area contributed by atoms with E-state index < -0.39 is 37.5 Å². The molecule has 21 nitrogen and oxygen atoms in total. The predicted molar refractivity (Wildman–Crippen MR) is 252 cm³/mol. The Morgan fingerprint density at radius 3 is 1.52 bits per heavy atom. The van der Waals surface area contributed by atoms with Crippen molar-refractivity contribution in [3.63, 3.8) is 0 Å². The number of nitrogen functional groups attached to an aromatic ring is 1. The zero-order valence-electron chi connectivity index (χ0n) is 36.8. The number of ether oxygens (including phenoxy) is 2. The van der Waals surface area contributed by atoms with E-state index in [1.807, 2.05) is 9.80 Å². The number of carboxylic acids is 1. The number of aromatic amines is 2. The maximum absolute atomic E-state index is 13.3. The van der Waals surface area contributed by atoms with Crippen LogP contribution in [0.3, 0.4) is 0 Å². The number of aromatic carboxylic acids is 1. The lowest BCUT2D eigenvalue weighted by Crippen LogP contribution is -2.37. The molecule has 0 radical (unpaired) electrons.